The zero-order valence-electron chi connectivity index (χ0n) is 10.6. The molecule has 0 saturated heterocycles. The van der Waals surface area contributed by atoms with E-state index in [-0.39, 0.29) is 16.1 Å². The van der Waals surface area contributed by atoms with Gasteiger partial charge in [0.25, 0.3) is 0 Å². The van der Waals surface area contributed by atoms with Gasteiger partial charge in [-0.3, -0.25) is 0 Å². The molecule has 0 aromatic carbocycles. The lowest BCUT2D eigenvalue weighted by Crippen LogP contribution is -2.32. The summed E-state index contributed by atoms with van der Waals surface area (Å²) in [5, 5.41) is 0. The molecule has 104 valence electrons. The molecule has 1 aromatic heterocycles. The van der Waals surface area contributed by atoms with E-state index in [1.54, 1.807) is 6.07 Å². The van der Waals surface area contributed by atoms with Crippen molar-refractivity contribution < 1.29 is 8.42 Å². The molecule has 1 aromatic rings. The van der Waals surface area contributed by atoms with Gasteiger partial charge in [0.15, 0.2) is 5.82 Å². The van der Waals surface area contributed by atoms with Crippen molar-refractivity contribution in [2.24, 2.45) is 17.2 Å². The Labute approximate surface area is 112 Å². The van der Waals surface area contributed by atoms with Gasteiger partial charge in [-0.1, -0.05) is 0 Å². The van der Waals surface area contributed by atoms with Crippen LogP contribution in [0.1, 0.15) is 25.7 Å². The third-order valence-corrected chi connectivity index (χ3v) is 5.58. The molecule has 0 amide bonds. The van der Waals surface area contributed by atoms with Crippen molar-refractivity contribution >= 4 is 15.8 Å². The Balaban J connectivity index is 1.75. The summed E-state index contributed by atoms with van der Waals surface area (Å²) in [6.07, 6.45) is 6.25. The molecule has 2 aliphatic carbocycles. The highest BCUT2D eigenvalue weighted by Crippen LogP contribution is 2.60. The van der Waals surface area contributed by atoms with Gasteiger partial charge in [0.1, 0.15) is 4.90 Å². The molecule has 2 aliphatic rings. The maximum Gasteiger partial charge on any atom is 0.244 e. The van der Waals surface area contributed by atoms with Crippen molar-refractivity contribution in [3.63, 3.8) is 0 Å². The molecule has 4 N–H and O–H groups in total. The summed E-state index contributed by atoms with van der Waals surface area (Å²) < 4.78 is 27.3. The third kappa shape index (κ3) is 2.45. The van der Waals surface area contributed by atoms with Crippen LogP contribution in [0.25, 0.3) is 0 Å². The first-order valence-electron chi connectivity index (χ1n) is 6.49. The standard InChI is InChI=1S/C12H18N4O2S/c13-16-11-10(2-1-7-14-11)19(17,18)15-8-12(5-6-12)9-3-4-9/h1-2,7,9,15H,3-6,8,13H2,(H,14,16). The summed E-state index contributed by atoms with van der Waals surface area (Å²) >= 11 is 0. The first kappa shape index (κ1) is 12.8. The number of rotatable bonds is 6. The van der Waals surface area contributed by atoms with Crippen LogP contribution in [0.3, 0.4) is 0 Å². The molecule has 2 saturated carbocycles. The van der Waals surface area contributed by atoms with Crippen molar-refractivity contribution in [2.45, 2.75) is 30.6 Å². The zero-order valence-corrected chi connectivity index (χ0v) is 11.4. The summed E-state index contributed by atoms with van der Waals surface area (Å²) in [5.74, 6) is 6.19. The molecule has 0 unspecified atom stereocenters. The topological polar surface area (TPSA) is 97.1 Å². The van der Waals surface area contributed by atoms with Crippen LogP contribution in [0, 0.1) is 11.3 Å². The minimum absolute atomic E-state index is 0.101. The lowest BCUT2D eigenvalue weighted by Gasteiger charge is -2.16. The van der Waals surface area contributed by atoms with E-state index in [1.807, 2.05) is 0 Å². The van der Waals surface area contributed by atoms with Gasteiger partial charge >= 0.3 is 0 Å². The van der Waals surface area contributed by atoms with E-state index in [4.69, 9.17) is 5.84 Å². The van der Waals surface area contributed by atoms with Gasteiger partial charge in [-0.2, -0.15) is 0 Å². The fourth-order valence-corrected chi connectivity index (χ4v) is 3.87. The molecule has 0 radical (unpaired) electrons. The van der Waals surface area contributed by atoms with Crippen LogP contribution >= 0.6 is 0 Å². The van der Waals surface area contributed by atoms with Gasteiger partial charge in [0.05, 0.1) is 0 Å². The highest BCUT2D eigenvalue weighted by Gasteiger charge is 2.53. The second-order valence-electron chi connectivity index (χ2n) is 5.46. The zero-order chi connectivity index (χ0) is 13.5. The number of aromatic nitrogens is 1. The molecule has 3 rings (SSSR count). The van der Waals surface area contributed by atoms with Crippen molar-refractivity contribution in [2.75, 3.05) is 12.0 Å². The van der Waals surface area contributed by atoms with Crippen molar-refractivity contribution in [3.8, 4) is 0 Å². The number of hydrogen-bond acceptors (Lipinski definition) is 5. The molecule has 0 spiro atoms. The van der Waals surface area contributed by atoms with Crippen molar-refractivity contribution in [1.82, 2.24) is 9.71 Å². The number of nitrogens with two attached hydrogens (primary N) is 1. The Hall–Kier alpha value is -1.18. The van der Waals surface area contributed by atoms with Gasteiger partial charge in [0.2, 0.25) is 10.0 Å². The number of anilines is 1. The summed E-state index contributed by atoms with van der Waals surface area (Å²) in [5.41, 5.74) is 2.55. The monoisotopic (exact) mass is 282 g/mol. The lowest BCUT2D eigenvalue weighted by molar-refractivity contribution is 0.432. The Kier molecular flexibility index (Phi) is 2.99. The van der Waals surface area contributed by atoms with Crippen molar-refractivity contribution in [1.29, 1.82) is 0 Å². The first-order chi connectivity index (χ1) is 9.07. The molecule has 0 bridgehead atoms. The van der Waals surface area contributed by atoms with Crippen LogP contribution in [0.5, 0.6) is 0 Å². The molecular formula is C12H18N4O2S. The minimum atomic E-state index is -3.56. The molecule has 19 heavy (non-hydrogen) atoms. The van der Waals surface area contributed by atoms with E-state index in [1.165, 1.54) is 25.1 Å². The number of nitrogen functional groups attached to an aromatic ring is 1. The molecule has 2 fully saturated rings. The van der Waals surface area contributed by atoms with Gasteiger partial charge in [0, 0.05) is 12.7 Å². The molecular weight excluding hydrogens is 264 g/mol. The Morgan fingerprint density at radius 1 is 1.42 bits per heavy atom. The predicted molar refractivity (Wildman–Crippen MR) is 71.6 cm³/mol. The van der Waals surface area contributed by atoms with Gasteiger partial charge < -0.3 is 5.43 Å². The predicted octanol–water partition coefficient (Wildman–Crippen LogP) is 0.836. The van der Waals surface area contributed by atoms with E-state index >= 15 is 0 Å². The highest BCUT2D eigenvalue weighted by atomic mass is 32.2. The Bertz CT molecular complexity index is 579. The maximum atomic E-state index is 12.3. The smallest absolute Gasteiger partial charge is 0.244 e. The van der Waals surface area contributed by atoms with Crippen LogP contribution in [-0.4, -0.2) is 19.9 Å². The van der Waals surface area contributed by atoms with E-state index in [2.05, 4.69) is 15.1 Å². The van der Waals surface area contributed by atoms with Crippen LogP contribution in [-0.2, 0) is 10.0 Å². The van der Waals surface area contributed by atoms with Crippen molar-refractivity contribution in [3.05, 3.63) is 18.3 Å². The normalized spacial score (nSPS) is 21.1. The van der Waals surface area contributed by atoms with Crippen LogP contribution in [0.4, 0.5) is 5.82 Å². The lowest BCUT2D eigenvalue weighted by atomic mass is 10.0. The number of sulfonamides is 1. The van der Waals surface area contributed by atoms with E-state index in [0.29, 0.717) is 6.54 Å². The van der Waals surface area contributed by atoms with Gasteiger partial charge in [-0.05, 0) is 49.1 Å². The fourth-order valence-electron chi connectivity index (χ4n) is 2.62. The van der Waals surface area contributed by atoms with Gasteiger partial charge in [-0.25, -0.2) is 24.0 Å². The number of nitrogens with zero attached hydrogens (tertiary/aromatic N) is 1. The maximum absolute atomic E-state index is 12.3. The van der Waals surface area contributed by atoms with Crippen LogP contribution < -0.4 is 16.0 Å². The summed E-state index contributed by atoms with van der Waals surface area (Å²) in [7, 11) is -3.56. The Morgan fingerprint density at radius 3 is 2.74 bits per heavy atom. The number of hydrogen-bond donors (Lipinski definition) is 3. The third-order valence-electron chi connectivity index (χ3n) is 4.15. The van der Waals surface area contributed by atoms with E-state index in [9.17, 15) is 8.42 Å². The van der Waals surface area contributed by atoms with Crippen LogP contribution in [0.2, 0.25) is 0 Å². The van der Waals surface area contributed by atoms with E-state index in [0.717, 1.165) is 18.8 Å². The first-order valence-corrected chi connectivity index (χ1v) is 7.97. The largest absolute Gasteiger partial charge is 0.307 e. The summed E-state index contributed by atoms with van der Waals surface area (Å²) in [6, 6.07) is 3.09. The second kappa shape index (κ2) is 4.43. The minimum Gasteiger partial charge on any atom is -0.307 e. The molecule has 0 atom stereocenters. The average Bonchev–Trinajstić information content (AvgIpc) is 3.28. The molecule has 1 heterocycles. The number of nitrogens with one attached hydrogen (secondary N) is 2. The van der Waals surface area contributed by atoms with Gasteiger partial charge in [-0.15, -0.1) is 0 Å². The molecule has 0 aliphatic heterocycles. The second-order valence-corrected chi connectivity index (χ2v) is 7.19. The molecule has 7 heteroatoms. The number of hydrazine groups is 1. The number of pyridine rings is 1. The summed E-state index contributed by atoms with van der Waals surface area (Å²) in [4.78, 5) is 4.02. The van der Waals surface area contributed by atoms with Crippen LogP contribution in [0.15, 0.2) is 23.2 Å². The fraction of sp³-hybridized carbons (Fsp3) is 0.583. The Morgan fingerprint density at radius 2 is 2.16 bits per heavy atom. The summed E-state index contributed by atoms with van der Waals surface area (Å²) in [6.45, 7) is 0.527. The van der Waals surface area contributed by atoms with E-state index < -0.39 is 10.0 Å². The average molecular weight is 282 g/mol. The quantitative estimate of drug-likeness (QED) is 0.530. The highest BCUT2D eigenvalue weighted by molar-refractivity contribution is 7.89. The SMILES string of the molecule is NNc1ncccc1S(=O)(=O)NCC1(C2CC2)CC1. The molecule has 6 nitrogen and oxygen atoms in total.